The Morgan fingerprint density at radius 1 is 0.747 bits per heavy atom. The maximum absolute atomic E-state index is 16.4. The number of hydrogen-bond donors (Lipinski definition) is 8. The predicted octanol–water partition coefficient (Wildman–Crippen LogP) is 10.5. The van der Waals surface area contributed by atoms with Crippen molar-refractivity contribution in [3.63, 3.8) is 0 Å². The highest BCUT2D eigenvalue weighted by Gasteiger charge is 2.70. The third-order valence-electron chi connectivity index (χ3n) is 24.7. The van der Waals surface area contributed by atoms with Crippen molar-refractivity contribution < 1.29 is 59.2 Å². The largest absolute Gasteiger partial charge is 0.507 e. The number of nitrogens with one attached hydrogen (secondary N) is 2. The van der Waals surface area contributed by atoms with Crippen LogP contribution in [0.5, 0.6) is 11.5 Å². The SMILES string of the molecule is CNCC1CC2CC(=O)C3Cc4cccc(c4)CC(O)C=C4CC(c5cc6cc(c5)C(O)C5(C#CC7CCC(CC7)OCC(O)C(C)(O)CN6)CCCCC5)C#CC5CC(=O)Oc6c5cc(c(O)c6C5CCCCC5)CC(OC4=O)C4(O)C5CCCCC5C1C3C24. The van der Waals surface area contributed by atoms with E-state index >= 15 is 14.7 Å². The fraction of sp³-hybridized carbons (Fsp3) is 0.649. The van der Waals surface area contributed by atoms with Gasteiger partial charge < -0.3 is 55.5 Å². The Morgan fingerprint density at radius 2 is 1.48 bits per heavy atom. The van der Waals surface area contributed by atoms with Gasteiger partial charge in [-0.15, -0.1) is 0 Å². The summed E-state index contributed by atoms with van der Waals surface area (Å²) in [6.45, 7) is 2.24. The molecular weight excluding hydrogens is 1140 g/mol. The molecule has 3 aromatic rings. The van der Waals surface area contributed by atoms with Gasteiger partial charge in [0.1, 0.15) is 40.7 Å². The summed E-state index contributed by atoms with van der Waals surface area (Å²) in [5.74, 6) is 11.2. The number of Topliss-reactive ketones (excluding diaryl/α,β-unsaturated/α-hetero) is 1. The number of benzene rings is 3. The third-order valence-corrected chi connectivity index (χ3v) is 24.7. The van der Waals surface area contributed by atoms with E-state index in [0.29, 0.717) is 71.4 Å². The first kappa shape index (κ1) is 62.9. The van der Waals surface area contributed by atoms with Gasteiger partial charge in [0.15, 0.2) is 0 Å². The summed E-state index contributed by atoms with van der Waals surface area (Å²) in [5.41, 5.74) is 1.29. The lowest BCUT2D eigenvalue weighted by atomic mass is 9.38. The molecule has 15 rings (SSSR count). The molecule has 0 amide bonds. The Balaban J connectivity index is 0.978. The minimum atomic E-state index is -1.67. The summed E-state index contributed by atoms with van der Waals surface area (Å²) in [5, 5.41) is 84.5. The van der Waals surface area contributed by atoms with Crippen LogP contribution in [0.4, 0.5) is 5.69 Å². The minimum absolute atomic E-state index is 0.0179. The summed E-state index contributed by atoms with van der Waals surface area (Å²) >= 11 is 0. The molecule has 7 aliphatic carbocycles. The van der Waals surface area contributed by atoms with Gasteiger partial charge in [-0.25, -0.2) is 4.79 Å². The number of carbonyl (C=O) groups excluding carboxylic acids is 3. The van der Waals surface area contributed by atoms with E-state index in [-0.39, 0.29) is 109 Å². The highest BCUT2D eigenvalue weighted by molar-refractivity contribution is 5.89. The van der Waals surface area contributed by atoms with E-state index in [1.165, 1.54) is 0 Å². The highest BCUT2D eigenvalue weighted by Crippen LogP contribution is 2.68. The molecule has 7 fully saturated rings. The van der Waals surface area contributed by atoms with Crippen molar-refractivity contribution in [3.05, 3.63) is 99.1 Å². The number of aliphatic hydroxyl groups is 5. The number of aromatic hydroxyl groups is 1. The van der Waals surface area contributed by atoms with E-state index in [2.05, 4.69) is 46.4 Å². The Kier molecular flexibility index (Phi) is 17.7. The number of rotatable bonds is 4. The van der Waals surface area contributed by atoms with Crippen LogP contribution in [0.1, 0.15) is 211 Å². The molecule has 14 nitrogen and oxygen atoms in total. The molecule has 16 atom stereocenters. The first-order valence-corrected chi connectivity index (χ1v) is 35.3. The molecule has 7 saturated carbocycles. The highest BCUT2D eigenvalue weighted by atomic mass is 16.6. The first-order chi connectivity index (χ1) is 44.0. The van der Waals surface area contributed by atoms with Crippen molar-refractivity contribution in [1.29, 1.82) is 0 Å². The zero-order valence-corrected chi connectivity index (χ0v) is 53.4. The monoisotopic (exact) mass is 1240 g/mol. The fourth-order valence-corrected chi connectivity index (χ4v) is 20.3. The molecule has 1 spiro atoms. The maximum atomic E-state index is 16.4. The van der Waals surface area contributed by atoms with Gasteiger partial charge >= 0.3 is 11.9 Å². The average molecular weight is 1240 g/mol. The molecule has 14 heteroatoms. The van der Waals surface area contributed by atoms with Gasteiger partial charge in [0.05, 0.1) is 42.7 Å². The summed E-state index contributed by atoms with van der Waals surface area (Å²) in [7, 11) is 2.01. The zero-order valence-electron chi connectivity index (χ0n) is 53.4. The number of ketones is 1. The predicted molar refractivity (Wildman–Crippen MR) is 345 cm³/mol. The van der Waals surface area contributed by atoms with Crippen molar-refractivity contribution in [2.45, 2.75) is 227 Å². The fourth-order valence-electron chi connectivity index (χ4n) is 20.3. The van der Waals surface area contributed by atoms with E-state index in [9.17, 15) is 30.3 Å². The van der Waals surface area contributed by atoms with Crippen molar-refractivity contribution in [3.8, 4) is 35.2 Å². The second-order valence-electron chi connectivity index (χ2n) is 30.4. The second kappa shape index (κ2) is 25.6. The molecule has 16 unspecified atom stereocenters. The van der Waals surface area contributed by atoms with Crippen LogP contribution in [-0.4, -0.2) is 111 Å². The average Bonchev–Trinajstić information content (AvgIpc) is 0.791. The minimum Gasteiger partial charge on any atom is -0.507 e. The molecule has 91 heavy (non-hydrogen) atoms. The normalized spacial score (nSPS) is 38.1. The van der Waals surface area contributed by atoms with Gasteiger partial charge in [0.25, 0.3) is 0 Å². The molecule has 486 valence electrons. The molecule has 5 heterocycles. The van der Waals surface area contributed by atoms with Crippen LogP contribution in [0.25, 0.3) is 0 Å². The van der Waals surface area contributed by atoms with E-state index in [1.807, 2.05) is 43.4 Å². The number of ether oxygens (including phenoxy) is 3. The summed E-state index contributed by atoms with van der Waals surface area (Å²) in [4.78, 5) is 45.8. The van der Waals surface area contributed by atoms with E-state index < -0.39 is 76.6 Å². The van der Waals surface area contributed by atoms with Crippen molar-refractivity contribution in [1.82, 2.24) is 5.32 Å². The number of hydrogen-bond acceptors (Lipinski definition) is 14. The van der Waals surface area contributed by atoms with Crippen LogP contribution in [0.15, 0.2) is 60.2 Å². The number of phenols is 1. The van der Waals surface area contributed by atoms with E-state index in [4.69, 9.17) is 14.2 Å². The van der Waals surface area contributed by atoms with Gasteiger partial charge in [-0.2, -0.15) is 0 Å². The van der Waals surface area contributed by atoms with Gasteiger partial charge in [0, 0.05) is 65.9 Å². The number of fused-ring (bicyclic) bond motifs is 17. The maximum Gasteiger partial charge on any atom is 0.334 e. The number of carbonyl (C=O) groups is 3. The number of phenolic OH excluding ortho intramolecular Hbond substituents is 1. The van der Waals surface area contributed by atoms with E-state index in [0.717, 1.165) is 120 Å². The molecule has 16 bridgehead atoms. The standard InChI is InChI=1S/C77H96N2O12/c1-75(87)43-79-56-34-50(32-53(35-56)73(85)76(25-9-4-10-26-76)27-24-44-18-22-58(23-19-44)89-42-64(75)82)48-20-21-49-40-66(83)91-72-60(49)37-52(71(84)68(72)47-14-5-3-6-15-47)39-65-77(88)62-17-8-7-16-59(62)67-55(41-78-2)33-51-38-63(81)61(69(67)70(51)77)30-46-13-11-12-45(28-46)29-57(80)36-54(31-48)74(86)90-65/h11-13,28,32,34-37,44,47-49,51,55,57-59,61-62,64-65,67,69-70,73,78-80,82,84-85,87-88H,3-10,14-19,22-23,25-26,29-31,33,38-43H2,1-2H3. The van der Waals surface area contributed by atoms with Gasteiger partial charge in [-0.05, 0) is 203 Å². The van der Waals surface area contributed by atoms with Crippen LogP contribution in [0.2, 0.25) is 0 Å². The van der Waals surface area contributed by atoms with Crippen LogP contribution < -0.4 is 15.4 Å². The summed E-state index contributed by atoms with van der Waals surface area (Å²) in [6, 6.07) is 15.8. The number of anilines is 1. The quantitative estimate of drug-likeness (QED) is 0.0692. The topological polar surface area (TPSA) is 224 Å². The molecule has 3 aromatic carbocycles. The van der Waals surface area contributed by atoms with Crippen LogP contribution >= 0.6 is 0 Å². The molecule has 5 aliphatic heterocycles. The van der Waals surface area contributed by atoms with E-state index in [1.54, 1.807) is 13.0 Å². The Bertz CT molecular complexity index is 3420. The lowest BCUT2D eigenvalue weighted by Crippen LogP contribution is -2.73. The van der Waals surface area contributed by atoms with Crippen LogP contribution in [0, 0.1) is 82.4 Å². The summed E-state index contributed by atoms with van der Waals surface area (Å²) in [6.07, 6.45) is 13.6. The number of esters is 2. The van der Waals surface area contributed by atoms with Crippen molar-refractivity contribution >= 4 is 23.4 Å². The first-order valence-electron chi connectivity index (χ1n) is 35.3. The third kappa shape index (κ3) is 12.0. The van der Waals surface area contributed by atoms with Crippen molar-refractivity contribution in [2.75, 3.05) is 32.1 Å². The molecule has 12 aliphatic rings. The molecule has 0 saturated heterocycles. The van der Waals surface area contributed by atoms with Gasteiger partial charge in [-0.3, -0.25) is 9.59 Å². The second-order valence-corrected chi connectivity index (χ2v) is 30.4. The van der Waals surface area contributed by atoms with Crippen molar-refractivity contribution in [2.24, 2.45) is 58.7 Å². The Hall–Kier alpha value is -5.55. The molecule has 0 radical (unpaired) electrons. The zero-order chi connectivity index (χ0) is 62.9. The Labute approximate surface area is 537 Å². The smallest absolute Gasteiger partial charge is 0.334 e. The lowest BCUT2D eigenvalue weighted by molar-refractivity contribution is -0.274. The van der Waals surface area contributed by atoms with Gasteiger partial charge in [0.2, 0.25) is 0 Å². The van der Waals surface area contributed by atoms with Crippen LogP contribution in [-0.2, 0) is 43.1 Å². The number of aliphatic hydroxyl groups excluding tert-OH is 3. The molecular formula is C77H96N2O12. The lowest BCUT2D eigenvalue weighted by Gasteiger charge is -2.68. The van der Waals surface area contributed by atoms with Gasteiger partial charge in [-0.1, -0.05) is 105 Å². The molecule has 8 N–H and O–H groups in total. The molecule has 0 aromatic heterocycles. The summed E-state index contributed by atoms with van der Waals surface area (Å²) < 4.78 is 19.9. The Morgan fingerprint density at radius 3 is 2.27 bits per heavy atom. The van der Waals surface area contributed by atoms with Crippen LogP contribution in [0.3, 0.4) is 0 Å².